The minimum atomic E-state index is 0.158. The number of aromatic nitrogens is 2. The van der Waals surface area contributed by atoms with Crippen LogP contribution in [0, 0.1) is 11.8 Å². The number of amides is 1. The molecule has 2 saturated heterocycles. The Hall–Kier alpha value is -1.44. The van der Waals surface area contributed by atoms with Crippen molar-refractivity contribution in [3.05, 3.63) is 18.0 Å². The summed E-state index contributed by atoms with van der Waals surface area (Å²) in [4.78, 5) is 16.9. The lowest BCUT2D eigenvalue weighted by Crippen LogP contribution is -2.49. The van der Waals surface area contributed by atoms with E-state index < -0.39 is 0 Å². The number of likely N-dealkylation sites (tertiary alicyclic amines) is 1. The maximum atomic E-state index is 12.6. The van der Waals surface area contributed by atoms with Crippen LogP contribution in [-0.4, -0.2) is 83.6 Å². The van der Waals surface area contributed by atoms with Gasteiger partial charge in [0.25, 0.3) is 0 Å². The molecule has 2 atom stereocenters. The van der Waals surface area contributed by atoms with Crippen molar-refractivity contribution in [1.29, 1.82) is 0 Å². The third-order valence-electron chi connectivity index (χ3n) is 5.04. The Balaban J connectivity index is 1.52. The number of aromatic amines is 1. The van der Waals surface area contributed by atoms with Crippen molar-refractivity contribution in [2.75, 3.05) is 52.5 Å². The van der Waals surface area contributed by atoms with Crippen LogP contribution in [0.15, 0.2) is 12.4 Å². The van der Waals surface area contributed by atoms with Crippen LogP contribution in [-0.2, 0) is 16.0 Å². The summed E-state index contributed by atoms with van der Waals surface area (Å²) < 4.78 is 5.40. The number of aliphatic hydroxyl groups excluding tert-OH is 1. The van der Waals surface area contributed by atoms with Crippen LogP contribution < -0.4 is 0 Å². The summed E-state index contributed by atoms with van der Waals surface area (Å²) in [6.07, 6.45) is 5.81. The fourth-order valence-electron chi connectivity index (χ4n) is 3.76. The molecule has 0 bridgehead atoms. The zero-order valence-corrected chi connectivity index (χ0v) is 14.2. The molecule has 2 aliphatic heterocycles. The predicted molar refractivity (Wildman–Crippen MR) is 89.4 cm³/mol. The Morgan fingerprint density at radius 2 is 2.12 bits per heavy atom. The van der Waals surface area contributed by atoms with Gasteiger partial charge >= 0.3 is 0 Å². The molecule has 1 amide bonds. The van der Waals surface area contributed by atoms with Gasteiger partial charge in [-0.1, -0.05) is 0 Å². The standard InChI is InChI=1S/C17H28N4O3/c22-13-16-7-15(10-20-3-5-24-6-4-20)11-21(12-16)17(23)2-1-14-8-18-19-9-14/h8-9,15-16,22H,1-7,10-13H2,(H,18,19)/t15-,16+/m0/s1. The summed E-state index contributed by atoms with van der Waals surface area (Å²) in [5, 5.41) is 16.3. The third kappa shape index (κ3) is 4.78. The fourth-order valence-corrected chi connectivity index (χ4v) is 3.76. The predicted octanol–water partition coefficient (Wildman–Crippen LogP) is 0.132. The lowest BCUT2D eigenvalue weighted by Gasteiger charge is -2.40. The summed E-state index contributed by atoms with van der Waals surface area (Å²) in [7, 11) is 0. The molecule has 7 heteroatoms. The number of piperidine rings is 1. The number of aliphatic hydroxyl groups is 1. The van der Waals surface area contributed by atoms with Gasteiger partial charge in [0.1, 0.15) is 0 Å². The molecule has 24 heavy (non-hydrogen) atoms. The van der Waals surface area contributed by atoms with Crippen molar-refractivity contribution < 1.29 is 14.6 Å². The van der Waals surface area contributed by atoms with Crippen molar-refractivity contribution in [2.45, 2.75) is 19.3 Å². The molecule has 1 aromatic heterocycles. The number of H-pyrrole nitrogens is 1. The van der Waals surface area contributed by atoms with E-state index >= 15 is 0 Å². The van der Waals surface area contributed by atoms with Crippen LogP contribution in [0.4, 0.5) is 0 Å². The summed E-state index contributed by atoms with van der Waals surface area (Å²) in [5.41, 5.74) is 1.06. The number of rotatable bonds is 6. The van der Waals surface area contributed by atoms with Gasteiger partial charge in [0.15, 0.2) is 0 Å². The molecular weight excluding hydrogens is 308 g/mol. The van der Waals surface area contributed by atoms with E-state index in [2.05, 4.69) is 15.1 Å². The summed E-state index contributed by atoms with van der Waals surface area (Å²) >= 11 is 0. The second-order valence-corrected chi connectivity index (χ2v) is 6.97. The molecule has 7 nitrogen and oxygen atoms in total. The minimum absolute atomic E-state index is 0.158. The van der Waals surface area contributed by atoms with Gasteiger partial charge in [0.05, 0.1) is 19.4 Å². The molecule has 3 rings (SSSR count). The zero-order valence-electron chi connectivity index (χ0n) is 14.2. The van der Waals surface area contributed by atoms with Crippen molar-refractivity contribution in [3.8, 4) is 0 Å². The van der Waals surface area contributed by atoms with Gasteiger partial charge in [0, 0.05) is 51.9 Å². The average Bonchev–Trinajstić information content (AvgIpc) is 3.13. The van der Waals surface area contributed by atoms with E-state index in [4.69, 9.17) is 4.74 Å². The molecule has 1 aromatic rings. The Bertz CT molecular complexity index is 502. The molecule has 0 aromatic carbocycles. The van der Waals surface area contributed by atoms with Crippen molar-refractivity contribution >= 4 is 5.91 Å². The fraction of sp³-hybridized carbons (Fsp3) is 0.765. The molecular formula is C17H28N4O3. The number of hydrogen-bond acceptors (Lipinski definition) is 5. The SMILES string of the molecule is O=C(CCc1cn[nH]c1)N1C[C@H](CO)C[C@@H](CN2CCOCC2)C1. The van der Waals surface area contributed by atoms with E-state index in [1.54, 1.807) is 6.20 Å². The first-order chi connectivity index (χ1) is 11.7. The van der Waals surface area contributed by atoms with E-state index in [1.165, 1.54) is 0 Å². The first-order valence-electron chi connectivity index (χ1n) is 8.91. The normalized spacial score (nSPS) is 25.8. The van der Waals surface area contributed by atoms with Crippen LogP contribution in [0.2, 0.25) is 0 Å². The highest BCUT2D eigenvalue weighted by Crippen LogP contribution is 2.24. The maximum Gasteiger partial charge on any atom is 0.222 e. The number of ether oxygens (including phenoxy) is 1. The second kappa shape index (κ2) is 8.60. The van der Waals surface area contributed by atoms with Crippen LogP contribution in [0.3, 0.4) is 0 Å². The summed E-state index contributed by atoms with van der Waals surface area (Å²) in [5.74, 6) is 0.816. The van der Waals surface area contributed by atoms with Crippen LogP contribution in [0.1, 0.15) is 18.4 Å². The number of carbonyl (C=O) groups excluding carboxylic acids is 1. The zero-order chi connectivity index (χ0) is 16.8. The van der Waals surface area contributed by atoms with Gasteiger partial charge in [-0.2, -0.15) is 5.10 Å². The molecule has 0 unspecified atom stereocenters. The first kappa shape index (κ1) is 17.4. The number of aryl methyl sites for hydroxylation is 1. The lowest BCUT2D eigenvalue weighted by molar-refractivity contribution is -0.134. The molecule has 2 N–H and O–H groups in total. The van der Waals surface area contributed by atoms with Crippen LogP contribution >= 0.6 is 0 Å². The molecule has 0 saturated carbocycles. The largest absolute Gasteiger partial charge is 0.396 e. The summed E-state index contributed by atoms with van der Waals surface area (Å²) in [6, 6.07) is 0. The molecule has 2 fully saturated rings. The van der Waals surface area contributed by atoms with Crippen molar-refractivity contribution in [1.82, 2.24) is 20.0 Å². The lowest BCUT2D eigenvalue weighted by atomic mass is 9.88. The van der Waals surface area contributed by atoms with E-state index in [0.717, 1.165) is 51.4 Å². The van der Waals surface area contributed by atoms with Gasteiger partial charge < -0.3 is 14.7 Å². The highest BCUT2D eigenvalue weighted by atomic mass is 16.5. The Morgan fingerprint density at radius 3 is 2.83 bits per heavy atom. The molecule has 134 valence electrons. The average molecular weight is 336 g/mol. The van der Waals surface area contributed by atoms with Crippen LogP contribution in [0.5, 0.6) is 0 Å². The van der Waals surface area contributed by atoms with Crippen LogP contribution in [0.25, 0.3) is 0 Å². The van der Waals surface area contributed by atoms with Crippen molar-refractivity contribution in [2.24, 2.45) is 11.8 Å². The second-order valence-electron chi connectivity index (χ2n) is 6.97. The van der Waals surface area contributed by atoms with E-state index in [1.807, 2.05) is 11.1 Å². The molecule has 0 aliphatic carbocycles. The van der Waals surface area contributed by atoms with Gasteiger partial charge in [-0.3, -0.25) is 14.8 Å². The Kier molecular flexibility index (Phi) is 6.23. The number of nitrogens with zero attached hydrogens (tertiary/aromatic N) is 3. The Morgan fingerprint density at radius 1 is 1.33 bits per heavy atom. The first-order valence-corrected chi connectivity index (χ1v) is 8.91. The number of hydrogen-bond donors (Lipinski definition) is 2. The highest BCUT2D eigenvalue weighted by molar-refractivity contribution is 5.76. The van der Waals surface area contributed by atoms with E-state index in [9.17, 15) is 9.90 Å². The topological polar surface area (TPSA) is 81.7 Å². The minimum Gasteiger partial charge on any atom is -0.396 e. The molecule has 2 aliphatic rings. The quantitative estimate of drug-likeness (QED) is 0.772. The highest BCUT2D eigenvalue weighted by Gasteiger charge is 2.30. The Labute approximate surface area is 143 Å². The number of morpholine rings is 1. The van der Waals surface area contributed by atoms with Gasteiger partial charge in [0.2, 0.25) is 5.91 Å². The monoisotopic (exact) mass is 336 g/mol. The molecule has 3 heterocycles. The number of nitrogens with one attached hydrogen (secondary N) is 1. The molecule has 0 spiro atoms. The summed E-state index contributed by atoms with van der Waals surface area (Å²) in [6.45, 7) is 6.16. The van der Waals surface area contributed by atoms with E-state index in [0.29, 0.717) is 25.3 Å². The van der Waals surface area contributed by atoms with Gasteiger partial charge in [-0.05, 0) is 30.2 Å². The number of carbonyl (C=O) groups is 1. The van der Waals surface area contributed by atoms with Gasteiger partial charge in [-0.25, -0.2) is 0 Å². The maximum absolute atomic E-state index is 12.6. The van der Waals surface area contributed by atoms with E-state index in [-0.39, 0.29) is 18.4 Å². The molecule has 0 radical (unpaired) electrons. The van der Waals surface area contributed by atoms with Gasteiger partial charge in [-0.15, -0.1) is 0 Å². The smallest absolute Gasteiger partial charge is 0.222 e. The third-order valence-corrected chi connectivity index (χ3v) is 5.04. The van der Waals surface area contributed by atoms with Crippen molar-refractivity contribution in [3.63, 3.8) is 0 Å².